The van der Waals surface area contributed by atoms with E-state index in [1.807, 2.05) is 86.7 Å². The Bertz CT molecular complexity index is 1470. The number of aliphatic hydroxyl groups is 1. The number of halogens is 2. The minimum Gasteiger partial charge on any atom is -0.432 e. The molecule has 5 rings (SSSR count). The zero-order valence-electron chi connectivity index (χ0n) is 24.0. The SMILES string of the molecule is C[C@H]1[C@H]([Si](C)(C)O)[C@@H](CC(=O)N(CCO)Cc2ccccc2)O[C@]12C(=O)N(Cc1cccc(I)c1)c1ccc(Br)cc12. The zero-order chi connectivity index (χ0) is 30.2. The molecule has 4 atom stereocenters. The van der Waals surface area contributed by atoms with Crippen LogP contribution in [0, 0.1) is 9.49 Å². The summed E-state index contributed by atoms with van der Waals surface area (Å²) in [4.78, 5) is 43.3. The van der Waals surface area contributed by atoms with Crippen LogP contribution in [0.2, 0.25) is 18.6 Å². The maximum atomic E-state index is 14.6. The van der Waals surface area contributed by atoms with Crippen LogP contribution < -0.4 is 4.90 Å². The molecule has 2 heterocycles. The van der Waals surface area contributed by atoms with Crippen LogP contribution in [-0.2, 0) is 33.0 Å². The second-order valence-corrected chi connectivity index (χ2v) is 17.9. The molecule has 2 N–H and O–H groups in total. The average molecular weight is 764 g/mol. The molecule has 0 bridgehead atoms. The number of ether oxygens (including phenoxy) is 1. The molecule has 1 spiro atoms. The van der Waals surface area contributed by atoms with Gasteiger partial charge in [0.15, 0.2) is 13.9 Å². The van der Waals surface area contributed by atoms with E-state index in [4.69, 9.17) is 4.74 Å². The van der Waals surface area contributed by atoms with Crippen molar-refractivity contribution in [1.82, 2.24) is 4.90 Å². The Labute approximate surface area is 270 Å². The Morgan fingerprint density at radius 2 is 1.81 bits per heavy atom. The van der Waals surface area contributed by atoms with E-state index >= 15 is 0 Å². The highest BCUT2D eigenvalue weighted by atomic mass is 127. The standard InChI is InChI=1S/C32H36BrIN2O5Si/c1-21-30(42(2,3)40)28(18-29(38)35(14-15-37)19-22-8-5-4-6-9-22)41-32(21)26-17-24(33)12-13-27(26)36(31(32)39)20-23-10-7-11-25(34)16-23/h4-13,16-17,21,28,30,37,40H,14-15,18-20H2,1-3H3/t21-,28+,30-,32+/m0/s1. The average Bonchev–Trinajstić information content (AvgIpc) is 3.35. The first kappa shape index (κ1) is 31.3. The fraction of sp³-hybridized carbons (Fsp3) is 0.375. The van der Waals surface area contributed by atoms with Gasteiger partial charge < -0.3 is 24.4 Å². The molecule has 2 amide bonds. The van der Waals surface area contributed by atoms with Crippen molar-refractivity contribution < 1.29 is 24.2 Å². The quantitative estimate of drug-likeness (QED) is 0.212. The normalized spacial score (nSPS) is 23.5. The number of nitrogens with zero attached hydrogens (tertiary/aromatic N) is 2. The molecule has 2 aliphatic heterocycles. The monoisotopic (exact) mass is 762 g/mol. The van der Waals surface area contributed by atoms with Gasteiger partial charge in [0.1, 0.15) is 0 Å². The molecule has 1 saturated heterocycles. The number of amides is 2. The van der Waals surface area contributed by atoms with Gasteiger partial charge in [-0.2, -0.15) is 0 Å². The van der Waals surface area contributed by atoms with Crippen molar-refractivity contribution in [2.45, 2.75) is 56.8 Å². The molecule has 0 aliphatic carbocycles. The molecule has 0 radical (unpaired) electrons. The van der Waals surface area contributed by atoms with Gasteiger partial charge in [-0.3, -0.25) is 9.59 Å². The number of fused-ring (bicyclic) bond motifs is 2. The third-order valence-electron chi connectivity index (χ3n) is 8.49. The van der Waals surface area contributed by atoms with E-state index < -0.39 is 20.0 Å². The van der Waals surface area contributed by atoms with E-state index in [1.54, 1.807) is 9.80 Å². The van der Waals surface area contributed by atoms with Crippen LogP contribution in [-0.4, -0.2) is 54.2 Å². The number of carbonyl (C=O) groups is 2. The first-order valence-corrected chi connectivity index (χ1v) is 19.0. The van der Waals surface area contributed by atoms with Crippen molar-refractivity contribution in [2.75, 3.05) is 18.1 Å². The Balaban J connectivity index is 1.51. The fourth-order valence-electron chi connectivity index (χ4n) is 6.74. The van der Waals surface area contributed by atoms with Gasteiger partial charge in [0, 0.05) is 38.2 Å². The van der Waals surface area contributed by atoms with Crippen LogP contribution in [0.3, 0.4) is 0 Å². The number of anilines is 1. The molecule has 0 unspecified atom stereocenters. The topological polar surface area (TPSA) is 90.3 Å². The minimum atomic E-state index is -2.93. The third-order valence-corrected chi connectivity index (χ3v) is 12.2. The predicted octanol–water partition coefficient (Wildman–Crippen LogP) is 5.81. The van der Waals surface area contributed by atoms with E-state index in [9.17, 15) is 19.5 Å². The lowest BCUT2D eigenvalue weighted by molar-refractivity contribution is -0.150. The number of benzene rings is 3. The molecule has 7 nitrogen and oxygen atoms in total. The molecular weight excluding hydrogens is 727 g/mol. The molecule has 42 heavy (non-hydrogen) atoms. The number of hydrogen-bond acceptors (Lipinski definition) is 5. The summed E-state index contributed by atoms with van der Waals surface area (Å²) in [6.45, 7) is 6.45. The predicted molar refractivity (Wildman–Crippen MR) is 177 cm³/mol. The highest BCUT2D eigenvalue weighted by Gasteiger charge is 2.66. The number of hydrogen-bond donors (Lipinski definition) is 2. The zero-order valence-corrected chi connectivity index (χ0v) is 28.7. The van der Waals surface area contributed by atoms with Gasteiger partial charge in [-0.1, -0.05) is 65.3 Å². The van der Waals surface area contributed by atoms with Crippen LogP contribution in [0.1, 0.15) is 30.0 Å². The van der Waals surface area contributed by atoms with Crippen LogP contribution in [0.15, 0.2) is 77.3 Å². The Kier molecular flexibility index (Phi) is 9.32. The van der Waals surface area contributed by atoms with E-state index in [0.717, 1.165) is 30.4 Å². The van der Waals surface area contributed by atoms with Crippen molar-refractivity contribution in [2.24, 2.45) is 5.92 Å². The maximum absolute atomic E-state index is 14.6. The van der Waals surface area contributed by atoms with Crippen molar-refractivity contribution >= 4 is 64.3 Å². The summed E-state index contributed by atoms with van der Waals surface area (Å²) < 4.78 is 8.76. The summed E-state index contributed by atoms with van der Waals surface area (Å²) in [6.07, 6.45) is -0.654. The van der Waals surface area contributed by atoms with Crippen LogP contribution in [0.4, 0.5) is 5.69 Å². The first-order valence-electron chi connectivity index (χ1n) is 14.1. The smallest absolute Gasteiger partial charge is 0.264 e. The summed E-state index contributed by atoms with van der Waals surface area (Å²) in [7, 11) is -2.93. The third kappa shape index (κ3) is 5.98. The number of aliphatic hydroxyl groups excluding tert-OH is 1. The maximum Gasteiger partial charge on any atom is 0.264 e. The van der Waals surface area contributed by atoms with Gasteiger partial charge in [0.05, 0.1) is 31.4 Å². The number of rotatable bonds is 9. The van der Waals surface area contributed by atoms with E-state index in [2.05, 4.69) is 44.6 Å². The Morgan fingerprint density at radius 3 is 2.48 bits per heavy atom. The second kappa shape index (κ2) is 12.5. The van der Waals surface area contributed by atoms with Gasteiger partial charge in [0.25, 0.3) is 5.91 Å². The van der Waals surface area contributed by atoms with Gasteiger partial charge >= 0.3 is 0 Å². The van der Waals surface area contributed by atoms with E-state index in [0.29, 0.717) is 13.1 Å². The number of carbonyl (C=O) groups excluding carboxylic acids is 2. The molecule has 0 aromatic heterocycles. The second-order valence-electron chi connectivity index (χ2n) is 11.8. The van der Waals surface area contributed by atoms with Crippen LogP contribution in [0.25, 0.3) is 0 Å². The minimum absolute atomic E-state index is 0.00801. The van der Waals surface area contributed by atoms with Crippen molar-refractivity contribution in [3.63, 3.8) is 0 Å². The molecule has 3 aromatic rings. The van der Waals surface area contributed by atoms with Crippen molar-refractivity contribution in [3.8, 4) is 0 Å². The summed E-state index contributed by atoms with van der Waals surface area (Å²) in [5.74, 6) is -0.721. The van der Waals surface area contributed by atoms with Gasteiger partial charge in [-0.25, -0.2) is 0 Å². The lowest BCUT2D eigenvalue weighted by Gasteiger charge is -2.32. The largest absolute Gasteiger partial charge is 0.432 e. The Morgan fingerprint density at radius 1 is 1.10 bits per heavy atom. The highest BCUT2D eigenvalue weighted by Crippen LogP contribution is 2.60. The summed E-state index contributed by atoms with van der Waals surface area (Å²) in [6, 6.07) is 23.5. The molecule has 10 heteroatoms. The summed E-state index contributed by atoms with van der Waals surface area (Å²) in [5.41, 5.74) is 1.80. The van der Waals surface area contributed by atoms with Crippen LogP contribution in [0.5, 0.6) is 0 Å². The van der Waals surface area contributed by atoms with Crippen LogP contribution >= 0.6 is 38.5 Å². The fourth-order valence-corrected chi connectivity index (χ4v) is 10.3. The van der Waals surface area contributed by atoms with Crippen molar-refractivity contribution in [3.05, 3.63) is 97.5 Å². The molecule has 2 aliphatic rings. The molecule has 1 fully saturated rings. The van der Waals surface area contributed by atoms with Gasteiger partial charge in [-0.15, -0.1) is 0 Å². The summed E-state index contributed by atoms with van der Waals surface area (Å²) in [5, 5.41) is 9.74. The Hall–Kier alpha value is -2.09. The van der Waals surface area contributed by atoms with Gasteiger partial charge in [0.2, 0.25) is 5.91 Å². The lowest BCUT2D eigenvalue weighted by atomic mass is 9.82. The molecule has 3 aromatic carbocycles. The lowest BCUT2D eigenvalue weighted by Crippen LogP contribution is -2.46. The highest BCUT2D eigenvalue weighted by molar-refractivity contribution is 14.1. The van der Waals surface area contributed by atoms with E-state index in [1.165, 1.54) is 0 Å². The molecular formula is C32H36BrIN2O5Si. The summed E-state index contributed by atoms with van der Waals surface area (Å²) >= 11 is 5.87. The molecule has 0 saturated carbocycles. The van der Waals surface area contributed by atoms with E-state index in [-0.39, 0.29) is 42.8 Å². The first-order chi connectivity index (χ1) is 20.0. The molecule has 222 valence electrons. The van der Waals surface area contributed by atoms with Crippen molar-refractivity contribution in [1.29, 1.82) is 0 Å². The van der Waals surface area contributed by atoms with Gasteiger partial charge in [-0.05, 0) is 77.1 Å².